The van der Waals surface area contributed by atoms with Gasteiger partial charge in [-0.2, -0.15) is 0 Å². The zero-order valence-electron chi connectivity index (χ0n) is 8.07. The fourth-order valence-corrected chi connectivity index (χ4v) is 1.30. The number of hydrogen-bond donors (Lipinski definition) is 1. The normalized spacial score (nSPS) is 14.9. The van der Waals surface area contributed by atoms with Crippen LogP contribution in [0.4, 0.5) is 0 Å². The second kappa shape index (κ2) is 4.11. The number of imidazole rings is 1. The number of terminal acetylenes is 1. The Labute approximate surface area is 79.0 Å². The predicted octanol–water partition coefficient (Wildman–Crippen LogP) is 1.49. The highest BCUT2D eigenvalue weighted by Gasteiger charge is 2.10. The zero-order valence-corrected chi connectivity index (χ0v) is 8.07. The van der Waals surface area contributed by atoms with E-state index in [0.717, 1.165) is 5.69 Å². The summed E-state index contributed by atoms with van der Waals surface area (Å²) in [7, 11) is 0. The minimum atomic E-state index is 0.00252. The third kappa shape index (κ3) is 2.10. The van der Waals surface area contributed by atoms with Crippen molar-refractivity contribution in [2.75, 3.05) is 0 Å². The summed E-state index contributed by atoms with van der Waals surface area (Å²) in [5, 5.41) is 0. The summed E-state index contributed by atoms with van der Waals surface area (Å²) in [6.07, 6.45) is 9.52. The highest BCUT2D eigenvalue weighted by Crippen LogP contribution is 2.16. The van der Waals surface area contributed by atoms with Crippen LogP contribution in [-0.4, -0.2) is 9.55 Å². The number of aromatic nitrogens is 2. The van der Waals surface area contributed by atoms with E-state index in [9.17, 15) is 0 Å². The molecule has 0 fully saturated rings. The first-order valence-corrected chi connectivity index (χ1v) is 4.37. The molecule has 0 saturated heterocycles. The molecule has 3 heteroatoms. The van der Waals surface area contributed by atoms with Gasteiger partial charge in [-0.3, -0.25) is 0 Å². The molecule has 2 atom stereocenters. The molecule has 0 aliphatic carbocycles. The molecule has 0 aliphatic rings. The maximum atomic E-state index is 5.78. The smallest absolute Gasteiger partial charge is 0.0951 e. The van der Waals surface area contributed by atoms with Crippen molar-refractivity contribution in [1.29, 1.82) is 0 Å². The molecule has 0 radical (unpaired) electrons. The van der Waals surface area contributed by atoms with Crippen LogP contribution in [-0.2, 0) is 0 Å². The summed E-state index contributed by atoms with van der Waals surface area (Å²) >= 11 is 0. The fraction of sp³-hybridized carbons (Fsp3) is 0.500. The molecular weight excluding hydrogens is 162 g/mol. The van der Waals surface area contributed by atoms with E-state index in [4.69, 9.17) is 12.2 Å². The van der Waals surface area contributed by atoms with Gasteiger partial charge >= 0.3 is 0 Å². The minimum Gasteiger partial charge on any atom is -0.329 e. The molecule has 1 heterocycles. The molecule has 1 aromatic rings. The van der Waals surface area contributed by atoms with Crippen molar-refractivity contribution >= 4 is 0 Å². The first-order chi connectivity index (χ1) is 6.16. The van der Waals surface area contributed by atoms with Crippen LogP contribution >= 0.6 is 0 Å². The van der Waals surface area contributed by atoms with E-state index < -0.39 is 0 Å². The maximum Gasteiger partial charge on any atom is 0.0951 e. The third-order valence-electron chi connectivity index (χ3n) is 2.05. The van der Waals surface area contributed by atoms with Crippen LogP contribution < -0.4 is 5.73 Å². The van der Waals surface area contributed by atoms with Crippen molar-refractivity contribution in [3.05, 3.63) is 18.2 Å². The predicted molar refractivity (Wildman–Crippen MR) is 53.0 cm³/mol. The molecule has 70 valence electrons. The van der Waals surface area contributed by atoms with Crippen molar-refractivity contribution in [2.45, 2.75) is 32.4 Å². The van der Waals surface area contributed by atoms with Gasteiger partial charge in [0.05, 0.1) is 12.0 Å². The summed E-state index contributed by atoms with van der Waals surface area (Å²) in [6, 6.07) is 0.274. The quantitative estimate of drug-likeness (QED) is 0.711. The minimum absolute atomic E-state index is 0.00252. The van der Waals surface area contributed by atoms with E-state index in [0.29, 0.717) is 6.42 Å². The average molecular weight is 177 g/mol. The Hall–Kier alpha value is -1.27. The lowest BCUT2D eigenvalue weighted by Gasteiger charge is -2.15. The SMILES string of the molecule is C#CCC(C)n1cncc1[C@@H](C)N. The second-order valence-electron chi connectivity index (χ2n) is 3.27. The first kappa shape index (κ1) is 9.82. The van der Waals surface area contributed by atoms with E-state index >= 15 is 0 Å². The van der Waals surface area contributed by atoms with E-state index in [-0.39, 0.29) is 12.1 Å². The lowest BCUT2D eigenvalue weighted by atomic mass is 10.2. The monoisotopic (exact) mass is 177 g/mol. The van der Waals surface area contributed by atoms with Gasteiger partial charge in [-0.05, 0) is 13.8 Å². The standard InChI is InChI=1S/C10H15N3/c1-4-5-8(2)13-7-12-6-10(13)9(3)11/h1,6-9H,5,11H2,2-3H3/t8?,9-/m1/s1. The fourth-order valence-electron chi connectivity index (χ4n) is 1.30. The van der Waals surface area contributed by atoms with Crippen molar-refractivity contribution in [3.63, 3.8) is 0 Å². The Morgan fingerprint density at radius 3 is 2.92 bits per heavy atom. The number of hydrogen-bond acceptors (Lipinski definition) is 2. The summed E-state index contributed by atoms with van der Waals surface area (Å²) < 4.78 is 2.03. The van der Waals surface area contributed by atoms with E-state index in [1.165, 1.54) is 0 Å². The molecule has 2 N–H and O–H groups in total. The Morgan fingerprint density at radius 1 is 1.69 bits per heavy atom. The third-order valence-corrected chi connectivity index (χ3v) is 2.05. The van der Waals surface area contributed by atoms with E-state index in [2.05, 4.69) is 17.8 Å². The Bertz CT molecular complexity index is 306. The van der Waals surface area contributed by atoms with Crippen molar-refractivity contribution < 1.29 is 0 Å². The molecule has 1 rings (SSSR count). The Morgan fingerprint density at radius 2 is 2.38 bits per heavy atom. The Kier molecular flexibility index (Phi) is 3.10. The average Bonchev–Trinajstić information content (AvgIpc) is 2.52. The highest BCUT2D eigenvalue weighted by molar-refractivity contribution is 5.05. The number of nitrogens with zero attached hydrogens (tertiary/aromatic N) is 2. The molecule has 0 saturated carbocycles. The van der Waals surface area contributed by atoms with E-state index in [1.807, 2.05) is 11.5 Å². The summed E-state index contributed by atoms with van der Waals surface area (Å²) in [6.45, 7) is 4.00. The second-order valence-corrected chi connectivity index (χ2v) is 3.27. The summed E-state index contributed by atoms with van der Waals surface area (Å²) in [5.74, 6) is 2.63. The number of nitrogens with two attached hydrogens (primary N) is 1. The van der Waals surface area contributed by atoms with E-state index in [1.54, 1.807) is 12.5 Å². The molecule has 1 aromatic heterocycles. The van der Waals surface area contributed by atoms with Gasteiger partial charge in [0.25, 0.3) is 0 Å². The van der Waals surface area contributed by atoms with Crippen LogP contribution in [0, 0.1) is 12.3 Å². The van der Waals surface area contributed by atoms with Gasteiger partial charge in [0.15, 0.2) is 0 Å². The zero-order chi connectivity index (χ0) is 9.84. The maximum absolute atomic E-state index is 5.78. The highest BCUT2D eigenvalue weighted by atomic mass is 15.1. The molecule has 0 aromatic carbocycles. The van der Waals surface area contributed by atoms with Gasteiger partial charge < -0.3 is 10.3 Å². The molecular formula is C10H15N3. The van der Waals surface area contributed by atoms with Gasteiger partial charge in [-0.1, -0.05) is 0 Å². The van der Waals surface area contributed by atoms with Gasteiger partial charge in [0.1, 0.15) is 0 Å². The summed E-state index contributed by atoms with van der Waals surface area (Å²) in [5.41, 5.74) is 6.81. The lowest BCUT2D eigenvalue weighted by molar-refractivity contribution is 0.524. The number of rotatable bonds is 3. The molecule has 0 amide bonds. The summed E-state index contributed by atoms with van der Waals surface area (Å²) in [4.78, 5) is 4.06. The molecule has 13 heavy (non-hydrogen) atoms. The van der Waals surface area contributed by atoms with Gasteiger partial charge in [0.2, 0.25) is 0 Å². The van der Waals surface area contributed by atoms with Gasteiger partial charge in [0, 0.05) is 24.7 Å². The lowest BCUT2D eigenvalue weighted by Crippen LogP contribution is -2.14. The van der Waals surface area contributed by atoms with Crippen molar-refractivity contribution in [3.8, 4) is 12.3 Å². The van der Waals surface area contributed by atoms with Crippen LogP contribution in [0.1, 0.15) is 38.0 Å². The van der Waals surface area contributed by atoms with Crippen LogP contribution in [0.2, 0.25) is 0 Å². The Balaban J connectivity index is 2.88. The van der Waals surface area contributed by atoms with Crippen LogP contribution in [0.15, 0.2) is 12.5 Å². The first-order valence-electron chi connectivity index (χ1n) is 4.37. The molecule has 3 nitrogen and oxygen atoms in total. The van der Waals surface area contributed by atoms with Gasteiger partial charge in [-0.25, -0.2) is 4.98 Å². The van der Waals surface area contributed by atoms with Crippen molar-refractivity contribution in [2.24, 2.45) is 5.73 Å². The molecule has 0 bridgehead atoms. The van der Waals surface area contributed by atoms with Crippen LogP contribution in [0.5, 0.6) is 0 Å². The topological polar surface area (TPSA) is 43.8 Å². The van der Waals surface area contributed by atoms with Crippen LogP contribution in [0.25, 0.3) is 0 Å². The molecule has 0 spiro atoms. The van der Waals surface area contributed by atoms with Crippen molar-refractivity contribution in [1.82, 2.24) is 9.55 Å². The van der Waals surface area contributed by atoms with Gasteiger partial charge in [-0.15, -0.1) is 12.3 Å². The molecule has 1 unspecified atom stereocenters. The largest absolute Gasteiger partial charge is 0.329 e. The van der Waals surface area contributed by atoms with Crippen LogP contribution in [0.3, 0.4) is 0 Å². The molecule has 0 aliphatic heterocycles.